The first-order valence-electron chi connectivity index (χ1n) is 8.80. The zero-order valence-corrected chi connectivity index (χ0v) is 18.8. The number of hydrogen-bond donors (Lipinski definition) is 1. The van der Waals surface area contributed by atoms with Crippen LogP contribution in [0.1, 0.15) is 32.7 Å². The third kappa shape index (κ3) is 3.84. The molecule has 1 amide bonds. The van der Waals surface area contributed by atoms with Crippen molar-refractivity contribution in [1.82, 2.24) is 9.78 Å². The molecule has 0 fully saturated rings. The number of carbonyl (C=O) groups is 1. The molecule has 4 rings (SSSR count). The van der Waals surface area contributed by atoms with Gasteiger partial charge in [0.05, 0.1) is 33.5 Å². The van der Waals surface area contributed by atoms with Crippen LogP contribution in [0.3, 0.4) is 0 Å². The van der Waals surface area contributed by atoms with E-state index in [1.807, 2.05) is 32.0 Å². The molecule has 1 aliphatic heterocycles. The van der Waals surface area contributed by atoms with E-state index in [0.29, 0.717) is 26.6 Å². The summed E-state index contributed by atoms with van der Waals surface area (Å²) in [4.78, 5) is 13.0. The van der Waals surface area contributed by atoms with Crippen LogP contribution in [0.25, 0.3) is 5.69 Å². The van der Waals surface area contributed by atoms with Crippen LogP contribution >= 0.6 is 27.5 Å². The first kappa shape index (κ1) is 20.1. The number of carbonyl (C=O) groups excluding carboxylic acids is 1. The maximum atomic E-state index is 13.0. The van der Waals surface area contributed by atoms with Crippen LogP contribution < -0.4 is 5.32 Å². The Morgan fingerprint density at radius 1 is 1.17 bits per heavy atom. The number of nitrogens with one attached hydrogen (secondary N) is 1. The van der Waals surface area contributed by atoms with E-state index in [-0.39, 0.29) is 17.1 Å². The number of rotatable bonds is 3. The van der Waals surface area contributed by atoms with Gasteiger partial charge < -0.3 is 5.32 Å². The van der Waals surface area contributed by atoms with Crippen molar-refractivity contribution in [3.05, 3.63) is 73.8 Å². The standard InChI is InChI=1S/C20H17BrClN3O3S/c1-11-3-6-18(12(2)7-11)25-19(15-9-29(27,28)10-17(15)24-25)23-20(26)14-8-13(21)4-5-16(14)22/h3-8H,9-10H2,1-2H3,(H,23,26). The Balaban J connectivity index is 1.83. The molecule has 1 aliphatic rings. The second-order valence-corrected chi connectivity index (χ2v) is 10.5. The molecular weight excluding hydrogens is 478 g/mol. The maximum Gasteiger partial charge on any atom is 0.258 e. The van der Waals surface area contributed by atoms with Crippen LogP contribution in [0.2, 0.25) is 5.02 Å². The largest absolute Gasteiger partial charge is 0.306 e. The third-order valence-electron chi connectivity index (χ3n) is 4.77. The Morgan fingerprint density at radius 3 is 2.66 bits per heavy atom. The predicted octanol–water partition coefficient (Wildman–Crippen LogP) is 4.59. The molecular formula is C20H17BrClN3O3S. The van der Waals surface area contributed by atoms with Crippen molar-refractivity contribution >= 4 is 49.1 Å². The van der Waals surface area contributed by atoms with Gasteiger partial charge >= 0.3 is 0 Å². The molecule has 0 saturated heterocycles. The number of aryl methyl sites for hydroxylation is 2. The van der Waals surface area contributed by atoms with Gasteiger partial charge in [-0.15, -0.1) is 0 Å². The van der Waals surface area contributed by atoms with Gasteiger partial charge in [0, 0.05) is 10.0 Å². The number of benzene rings is 2. The summed E-state index contributed by atoms with van der Waals surface area (Å²) in [5, 5.41) is 7.66. The van der Waals surface area contributed by atoms with E-state index in [1.165, 1.54) is 0 Å². The van der Waals surface area contributed by atoms with Crippen LogP contribution in [0.15, 0.2) is 40.9 Å². The summed E-state index contributed by atoms with van der Waals surface area (Å²) in [5.74, 6) is -0.376. The minimum Gasteiger partial charge on any atom is -0.306 e. The second kappa shape index (κ2) is 7.27. The number of nitrogens with zero attached hydrogens (tertiary/aromatic N) is 2. The lowest BCUT2D eigenvalue weighted by Gasteiger charge is -2.14. The van der Waals surface area contributed by atoms with Gasteiger partial charge in [0.25, 0.3) is 5.91 Å². The van der Waals surface area contributed by atoms with Crippen LogP contribution in [0, 0.1) is 13.8 Å². The molecule has 0 aliphatic carbocycles. The predicted molar refractivity (Wildman–Crippen MR) is 116 cm³/mol. The number of fused-ring (bicyclic) bond motifs is 1. The third-order valence-corrected chi connectivity index (χ3v) is 7.04. The summed E-state index contributed by atoms with van der Waals surface area (Å²) in [6.45, 7) is 3.94. The molecule has 2 heterocycles. The van der Waals surface area contributed by atoms with Gasteiger partial charge in [-0.1, -0.05) is 45.2 Å². The second-order valence-electron chi connectivity index (χ2n) is 7.09. The number of anilines is 1. The summed E-state index contributed by atoms with van der Waals surface area (Å²) in [6, 6.07) is 10.8. The van der Waals surface area contributed by atoms with E-state index >= 15 is 0 Å². The number of sulfone groups is 1. The van der Waals surface area contributed by atoms with Crippen LogP contribution in [-0.4, -0.2) is 24.1 Å². The van der Waals surface area contributed by atoms with Gasteiger partial charge in [0.15, 0.2) is 9.84 Å². The fourth-order valence-corrected chi connectivity index (χ4v) is 5.49. The topological polar surface area (TPSA) is 81.1 Å². The maximum absolute atomic E-state index is 13.0. The summed E-state index contributed by atoms with van der Waals surface area (Å²) in [7, 11) is -3.28. The molecule has 0 radical (unpaired) electrons. The molecule has 0 saturated carbocycles. The normalized spacial score (nSPS) is 14.6. The van der Waals surface area contributed by atoms with Gasteiger partial charge in [-0.05, 0) is 43.7 Å². The highest BCUT2D eigenvalue weighted by atomic mass is 79.9. The minimum atomic E-state index is -3.28. The van der Waals surface area contributed by atoms with Crippen molar-refractivity contribution in [2.45, 2.75) is 25.4 Å². The minimum absolute atomic E-state index is 0.138. The Kier molecular flexibility index (Phi) is 5.04. The van der Waals surface area contributed by atoms with Crippen LogP contribution in [-0.2, 0) is 21.3 Å². The molecule has 2 aromatic carbocycles. The number of aromatic nitrogens is 2. The van der Waals surface area contributed by atoms with Crippen molar-refractivity contribution < 1.29 is 13.2 Å². The Bertz CT molecular complexity index is 1270. The van der Waals surface area contributed by atoms with Gasteiger partial charge in [-0.2, -0.15) is 5.10 Å². The number of halogens is 2. The molecule has 3 aromatic rings. The van der Waals surface area contributed by atoms with Gasteiger partial charge in [0.2, 0.25) is 0 Å². The fraction of sp³-hybridized carbons (Fsp3) is 0.200. The molecule has 1 N–H and O–H groups in total. The van der Waals surface area contributed by atoms with Crippen molar-refractivity contribution in [2.75, 3.05) is 5.32 Å². The zero-order valence-electron chi connectivity index (χ0n) is 15.7. The molecule has 0 bridgehead atoms. The molecule has 6 nitrogen and oxygen atoms in total. The van der Waals surface area contributed by atoms with Crippen LogP contribution in [0.4, 0.5) is 5.82 Å². The lowest BCUT2D eigenvalue weighted by atomic mass is 10.1. The van der Waals surface area contributed by atoms with Crippen molar-refractivity contribution in [2.24, 2.45) is 0 Å². The summed E-state index contributed by atoms with van der Waals surface area (Å²) < 4.78 is 26.6. The molecule has 29 heavy (non-hydrogen) atoms. The van der Waals surface area contributed by atoms with Crippen molar-refractivity contribution in [3.8, 4) is 5.69 Å². The van der Waals surface area contributed by atoms with E-state index in [0.717, 1.165) is 16.8 Å². The monoisotopic (exact) mass is 493 g/mol. The SMILES string of the molecule is Cc1ccc(-n2nc3c(c2NC(=O)c2cc(Br)ccc2Cl)CS(=O)(=O)C3)c(C)c1. The van der Waals surface area contributed by atoms with E-state index in [2.05, 4.69) is 26.3 Å². The van der Waals surface area contributed by atoms with Gasteiger partial charge in [-0.3, -0.25) is 4.79 Å². The Labute approximate surface area is 181 Å². The summed E-state index contributed by atoms with van der Waals surface area (Å²) in [5.41, 5.74) is 4.09. The van der Waals surface area contributed by atoms with Crippen LogP contribution in [0.5, 0.6) is 0 Å². The highest BCUT2D eigenvalue weighted by Crippen LogP contribution is 2.34. The Morgan fingerprint density at radius 2 is 1.93 bits per heavy atom. The number of amides is 1. The highest BCUT2D eigenvalue weighted by molar-refractivity contribution is 9.10. The van der Waals surface area contributed by atoms with E-state index < -0.39 is 15.7 Å². The molecule has 9 heteroatoms. The Hall–Kier alpha value is -2.16. The molecule has 0 spiro atoms. The number of hydrogen-bond acceptors (Lipinski definition) is 4. The quantitative estimate of drug-likeness (QED) is 0.578. The first-order valence-corrected chi connectivity index (χ1v) is 11.8. The molecule has 150 valence electrons. The molecule has 0 atom stereocenters. The first-order chi connectivity index (χ1) is 13.6. The van der Waals surface area contributed by atoms with Gasteiger partial charge in [0.1, 0.15) is 5.82 Å². The summed E-state index contributed by atoms with van der Waals surface area (Å²) in [6.07, 6.45) is 0. The van der Waals surface area contributed by atoms with E-state index in [1.54, 1.807) is 22.9 Å². The van der Waals surface area contributed by atoms with Crippen molar-refractivity contribution in [1.29, 1.82) is 0 Å². The lowest BCUT2D eigenvalue weighted by Crippen LogP contribution is -2.17. The lowest BCUT2D eigenvalue weighted by molar-refractivity contribution is 0.102. The van der Waals surface area contributed by atoms with E-state index in [4.69, 9.17) is 11.6 Å². The average Bonchev–Trinajstić information content (AvgIpc) is 3.09. The average molecular weight is 495 g/mol. The van der Waals surface area contributed by atoms with Crippen molar-refractivity contribution in [3.63, 3.8) is 0 Å². The fourth-order valence-electron chi connectivity index (χ4n) is 3.43. The van der Waals surface area contributed by atoms with Gasteiger partial charge in [-0.25, -0.2) is 13.1 Å². The highest BCUT2D eigenvalue weighted by Gasteiger charge is 2.33. The summed E-state index contributed by atoms with van der Waals surface area (Å²) >= 11 is 9.53. The van der Waals surface area contributed by atoms with E-state index in [9.17, 15) is 13.2 Å². The molecule has 1 aromatic heterocycles. The smallest absolute Gasteiger partial charge is 0.258 e. The zero-order chi connectivity index (χ0) is 20.9. The molecule has 0 unspecified atom stereocenters.